The fourth-order valence-electron chi connectivity index (χ4n) is 9.38. The van der Waals surface area contributed by atoms with Crippen LogP contribution in [-0.4, -0.2) is 75.3 Å². The van der Waals surface area contributed by atoms with Gasteiger partial charge in [-0.05, 0) is 41.9 Å². The third kappa shape index (κ3) is 5.15. The minimum Gasteiger partial charge on any atom is -0.455 e. The molecule has 2 radical (unpaired) electrons. The average molecular weight is 1040 g/mol. The van der Waals surface area contributed by atoms with Gasteiger partial charge in [-0.25, -0.2) is 4.79 Å². The molecule has 2 saturated carbocycles. The number of ketones is 1. The van der Waals surface area contributed by atoms with Crippen LogP contribution >= 0.6 is 0 Å². The summed E-state index contributed by atoms with van der Waals surface area (Å²) in [5.74, 6) is -3.74. The van der Waals surface area contributed by atoms with E-state index in [1.807, 2.05) is 44.2 Å². The van der Waals surface area contributed by atoms with Crippen molar-refractivity contribution in [1.29, 1.82) is 0 Å². The summed E-state index contributed by atoms with van der Waals surface area (Å²) in [6.45, 7) is 11.0. The summed E-state index contributed by atoms with van der Waals surface area (Å²) < 4.78 is 17.2. The molecule has 11 unspecified atom stereocenters. The first-order chi connectivity index (χ1) is 19.6. The molecule has 234 valence electrons. The van der Waals surface area contributed by atoms with Crippen LogP contribution in [0.15, 0.2) is 41.5 Å². The molecule has 11 atom stereocenters. The summed E-state index contributed by atoms with van der Waals surface area (Å²) in [6, 6.07) is 9.16. The predicted octanol–water partition coefficient (Wildman–Crippen LogP) is 2.85. The average Bonchev–Trinajstić information content (AvgIpc) is 3.34. The zero-order chi connectivity index (χ0) is 30.6. The zero-order valence-electron chi connectivity index (χ0n) is 26.3. The second-order valence-corrected chi connectivity index (χ2v) is 14.2. The van der Waals surface area contributed by atoms with Gasteiger partial charge in [-0.1, -0.05) is 65.0 Å². The minimum absolute atomic E-state index is 0. The SMILES string of the molecule is CC1=C2C(O)C(=O)C3(C)C(C)CC4OCC4(O)C3C(C)C(O)(CC1OC(=O)C1OC(=O)CC1c1ccccc1)C2(C)C.[Ac].[Ac]. The van der Waals surface area contributed by atoms with Crippen molar-refractivity contribution in [2.75, 3.05) is 6.61 Å². The van der Waals surface area contributed by atoms with Crippen LogP contribution in [0.2, 0.25) is 0 Å². The molecule has 6 rings (SSSR count). The number of benzene rings is 1. The van der Waals surface area contributed by atoms with Gasteiger partial charge >= 0.3 is 11.9 Å². The Morgan fingerprint density at radius 3 is 2.27 bits per heavy atom. The van der Waals surface area contributed by atoms with Crippen molar-refractivity contribution in [3.05, 3.63) is 47.0 Å². The van der Waals surface area contributed by atoms with Crippen LogP contribution in [0.25, 0.3) is 0 Å². The van der Waals surface area contributed by atoms with Crippen molar-refractivity contribution in [3.8, 4) is 0 Å². The molecule has 3 N–H and O–H groups in total. The normalized spacial score (nSPS) is 43.9. The molecule has 2 saturated heterocycles. The molecule has 3 aliphatic carbocycles. The summed E-state index contributed by atoms with van der Waals surface area (Å²) in [7, 11) is 0. The summed E-state index contributed by atoms with van der Waals surface area (Å²) in [4.78, 5) is 40.3. The van der Waals surface area contributed by atoms with Gasteiger partial charge in [0.25, 0.3) is 0 Å². The molecule has 2 aliphatic heterocycles. The van der Waals surface area contributed by atoms with Crippen molar-refractivity contribution >= 4 is 17.7 Å². The van der Waals surface area contributed by atoms with E-state index >= 15 is 0 Å². The van der Waals surface area contributed by atoms with E-state index in [1.54, 1.807) is 27.7 Å². The number of hydrogen-bond donors (Lipinski definition) is 3. The molecule has 4 fully saturated rings. The van der Waals surface area contributed by atoms with Gasteiger partial charge in [-0.2, -0.15) is 0 Å². The van der Waals surface area contributed by atoms with Gasteiger partial charge in [0.2, 0.25) is 6.10 Å². The molecular weight excluding hydrogens is 994 g/mol. The Labute approximate surface area is 330 Å². The molecule has 2 bridgehead atoms. The first-order valence-corrected chi connectivity index (χ1v) is 15.0. The van der Waals surface area contributed by atoms with Crippen molar-refractivity contribution in [2.45, 2.75) is 102 Å². The molecule has 1 aromatic rings. The third-order valence-corrected chi connectivity index (χ3v) is 12.0. The topological polar surface area (TPSA) is 140 Å². The van der Waals surface area contributed by atoms with Crippen LogP contribution < -0.4 is 0 Å². The van der Waals surface area contributed by atoms with E-state index in [4.69, 9.17) is 14.2 Å². The van der Waals surface area contributed by atoms with Crippen molar-refractivity contribution in [3.63, 3.8) is 0 Å². The van der Waals surface area contributed by atoms with Gasteiger partial charge in [-0.15, -0.1) is 0 Å². The summed E-state index contributed by atoms with van der Waals surface area (Å²) >= 11 is 0. The maximum Gasteiger partial charge on any atom is 0.348 e. The maximum atomic E-state index is 14.4. The van der Waals surface area contributed by atoms with E-state index in [-0.39, 0.29) is 113 Å². The van der Waals surface area contributed by atoms with E-state index < -0.39 is 81.9 Å². The van der Waals surface area contributed by atoms with Crippen LogP contribution in [0.4, 0.5) is 0 Å². The Kier molecular flexibility index (Phi) is 10.7. The molecular formula is C33H42Ac2O9. The standard InChI is InChI=1S/C33H42O9.2Ac/c1-16-12-22-32(38,15-40-22)27-18(3)33(39)14-21(17(2)24(30(33,4)5)25(35)28(36)31(16,27)6)41-29(37)26-20(13-23(34)42-26)19-10-8-7-9-11-19;;/h7-11,16,18,20-22,25-27,35,38-39H,12-15H2,1-6H3;;. The largest absolute Gasteiger partial charge is 0.455 e. The van der Waals surface area contributed by atoms with Crippen LogP contribution in [0.3, 0.4) is 0 Å². The molecule has 0 amide bonds. The van der Waals surface area contributed by atoms with Crippen LogP contribution in [0.1, 0.15) is 72.3 Å². The fourth-order valence-corrected chi connectivity index (χ4v) is 9.38. The maximum absolute atomic E-state index is 14.4. The summed E-state index contributed by atoms with van der Waals surface area (Å²) in [5, 5.41) is 36.5. The molecule has 1 aromatic carbocycles. The molecule has 9 nitrogen and oxygen atoms in total. The Morgan fingerprint density at radius 2 is 1.68 bits per heavy atom. The van der Waals surface area contributed by atoms with Crippen molar-refractivity contribution in [1.82, 2.24) is 0 Å². The van der Waals surface area contributed by atoms with Crippen molar-refractivity contribution in [2.24, 2.45) is 28.6 Å². The van der Waals surface area contributed by atoms with Gasteiger partial charge in [0.05, 0.1) is 24.7 Å². The van der Waals surface area contributed by atoms with Gasteiger partial charge in [0, 0.05) is 117 Å². The number of aliphatic hydroxyl groups is 3. The van der Waals surface area contributed by atoms with Gasteiger partial charge in [0.15, 0.2) is 5.78 Å². The Morgan fingerprint density at radius 1 is 1.05 bits per heavy atom. The number of carbonyl (C=O) groups excluding carboxylic acids is 3. The Bertz CT molecular complexity index is 1360. The summed E-state index contributed by atoms with van der Waals surface area (Å²) in [6.07, 6.45) is -3.69. The zero-order valence-corrected chi connectivity index (χ0v) is 35.8. The molecule has 2 heterocycles. The van der Waals surface area contributed by atoms with E-state index in [9.17, 15) is 29.7 Å². The van der Waals surface area contributed by atoms with E-state index in [1.165, 1.54) is 0 Å². The predicted molar refractivity (Wildman–Crippen MR) is 150 cm³/mol. The number of carbonyl (C=O) groups is 3. The van der Waals surface area contributed by atoms with Gasteiger partial charge in [-0.3, -0.25) is 9.59 Å². The number of hydrogen-bond acceptors (Lipinski definition) is 9. The number of rotatable bonds is 3. The second-order valence-electron chi connectivity index (χ2n) is 14.2. The smallest absolute Gasteiger partial charge is 0.348 e. The first kappa shape index (κ1) is 37.1. The molecule has 0 aromatic heterocycles. The Hall–Kier alpha value is 0.293. The van der Waals surface area contributed by atoms with E-state index in [0.29, 0.717) is 17.6 Å². The number of esters is 2. The van der Waals surface area contributed by atoms with Gasteiger partial charge in [0.1, 0.15) is 17.8 Å². The van der Waals surface area contributed by atoms with E-state index in [0.717, 1.165) is 5.56 Å². The number of Topliss-reactive ketones (excluding diaryl/α,β-unsaturated/α-hetero) is 1. The monoisotopic (exact) mass is 1040 g/mol. The molecule has 0 spiro atoms. The fraction of sp³-hybridized carbons (Fsp3) is 0.667. The van der Waals surface area contributed by atoms with Crippen molar-refractivity contribution < 1.29 is 132 Å². The van der Waals surface area contributed by atoms with Crippen LogP contribution in [0, 0.1) is 117 Å². The first-order valence-electron chi connectivity index (χ1n) is 15.0. The number of cyclic esters (lactones) is 1. The van der Waals surface area contributed by atoms with E-state index in [2.05, 4.69) is 0 Å². The number of aliphatic hydroxyl groups excluding tert-OH is 1. The number of ether oxygens (including phenoxy) is 3. The Balaban J connectivity index is 0.00000221. The van der Waals surface area contributed by atoms with Crippen LogP contribution in [0.5, 0.6) is 0 Å². The summed E-state index contributed by atoms with van der Waals surface area (Å²) in [5.41, 5.74) is -3.55. The molecule has 5 aliphatic rings. The second kappa shape index (κ2) is 12.6. The van der Waals surface area contributed by atoms with Crippen LogP contribution in [-0.2, 0) is 28.6 Å². The minimum atomic E-state index is -1.58. The molecule has 11 heteroatoms. The quantitative estimate of drug-likeness (QED) is 0.309. The van der Waals surface area contributed by atoms with Gasteiger partial charge < -0.3 is 29.5 Å². The third-order valence-electron chi connectivity index (χ3n) is 12.0. The number of fused-ring (bicyclic) bond motifs is 5. The molecule has 44 heavy (non-hydrogen) atoms.